The third kappa shape index (κ3) is 3.35. The van der Waals surface area contributed by atoms with Crippen molar-refractivity contribution >= 4 is 17.0 Å². The van der Waals surface area contributed by atoms with Crippen LogP contribution in [0.2, 0.25) is 0 Å². The molecule has 1 fully saturated rings. The zero-order valence-electron chi connectivity index (χ0n) is 15.1. The standard InChI is InChI=1S/C17H17F2N5O5/c1-27-13-12(26)10(5-25)28-16(13)24-6-21-11-14(20)22-17(23-15(11)24)29-9-4-7(18)2-3-8(9)19/h2-4,6,10,12-13,16,25-26H,5H2,1H3,(H2,20,22,23)/t10-,12-,13-,16+/m1/s1. The van der Waals surface area contributed by atoms with Gasteiger partial charge in [-0.15, -0.1) is 0 Å². The number of nitrogens with zero attached hydrogens (tertiary/aromatic N) is 4. The molecule has 12 heteroatoms. The Kier molecular flexibility index (Phi) is 5.00. The number of methoxy groups -OCH3 is 1. The summed E-state index contributed by atoms with van der Waals surface area (Å²) in [6.07, 6.45) is -2.33. The number of halogens is 2. The minimum atomic E-state index is -1.09. The van der Waals surface area contributed by atoms with Crippen LogP contribution in [0.15, 0.2) is 24.5 Å². The van der Waals surface area contributed by atoms with E-state index in [4.69, 9.17) is 19.9 Å². The molecule has 1 aliphatic rings. The van der Waals surface area contributed by atoms with Gasteiger partial charge in [0.15, 0.2) is 34.8 Å². The van der Waals surface area contributed by atoms with E-state index >= 15 is 0 Å². The van der Waals surface area contributed by atoms with Gasteiger partial charge in [-0.05, 0) is 12.1 Å². The fourth-order valence-electron chi connectivity index (χ4n) is 3.15. The van der Waals surface area contributed by atoms with E-state index in [-0.39, 0.29) is 23.0 Å². The molecule has 0 aliphatic carbocycles. The number of ether oxygens (including phenoxy) is 3. The molecule has 4 N–H and O–H groups in total. The Bertz CT molecular complexity index is 1050. The van der Waals surface area contributed by atoms with Gasteiger partial charge in [-0.3, -0.25) is 4.57 Å². The van der Waals surface area contributed by atoms with E-state index in [2.05, 4.69) is 15.0 Å². The molecule has 1 saturated heterocycles. The molecule has 154 valence electrons. The highest BCUT2D eigenvalue weighted by Crippen LogP contribution is 2.34. The largest absolute Gasteiger partial charge is 0.421 e. The van der Waals surface area contributed by atoms with Crippen molar-refractivity contribution in [2.24, 2.45) is 0 Å². The summed E-state index contributed by atoms with van der Waals surface area (Å²) in [5.74, 6) is -1.99. The quantitative estimate of drug-likeness (QED) is 0.557. The molecule has 3 aromatic rings. The van der Waals surface area contributed by atoms with Gasteiger partial charge in [0.2, 0.25) is 0 Å². The van der Waals surface area contributed by atoms with Crippen molar-refractivity contribution in [1.29, 1.82) is 0 Å². The van der Waals surface area contributed by atoms with Crippen LogP contribution in [0.3, 0.4) is 0 Å². The van der Waals surface area contributed by atoms with E-state index in [0.717, 1.165) is 18.2 Å². The van der Waals surface area contributed by atoms with E-state index in [1.54, 1.807) is 0 Å². The molecule has 0 unspecified atom stereocenters. The molecule has 1 aromatic carbocycles. The van der Waals surface area contributed by atoms with E-state index in [9.17, 15) is 19.0 Å². The summed E-state index contributed by atoms with van der Waals surface area (Å²) in [4.78, 5) is 12.2. The lowest BCUT2D eigenvalue weighted by atomic mass is 10.1. The van der Waals surface area contributed by atoms with Crippen molar-refractivity contribution in [2.75, 3.05) is 19.5 Å². The molecule has 2 aromatic heterocycles. The smallest absolute Gasteiger partial charge is 0.326 e. The first-order chi connectivity index (χ1) is 13.9. The summed E-state index contributed by atoms with van der Waals surface area (Å²) in [7, 11) is 1.38. The highest BCUT2D eigenvalue weighted by Gasteiger charge is 2.45. The minimum Gasteiger partial charge on any atom is -0.421 e. The van der Waals surface area contributed by atoms with Crippen molar-refractivity contribution in [2.45, 2.75) is 24.5 Å². The molecule has 4 atom stereocenters. The predicted molar refractivity (Wildman–Crippen MR) is 94.0 cm³/mol. The van der Waals surface area contributed by atoms with Crippen LogP contribution in [0.4, 0.5) is 14.6 Å². The van der Waals surface area contributed by atoms with Crippen LogP contribution < -0.4 is 10.5 Å². The fourth-order valence-corrected chi connectivity index (χ4v) is 3.15. The summed E-state index contributed by atoms with van der Waals surface area (Å²) in [5, 5.41) is 19.6. The van der Waals surface area contributed by atoms with Crippen LogP contribution in [0.25, 0.3) is 11.2 Å². The number of nitrogen functional groups attached to an aromatic ring is 1. The summed E-state index contributed by atoms with van der Waals surface area (Å²) >= 11 is 0. The number of aliphatic hydroxyl groups is 2. The Balaban J connectivity index is 1.75. The third-order valence-corrected chi connectivity index (χ3v) is 4.56. The van der Waals surface area contributed by atoms with Gasteiger partial charge < -0.3 is 30.2 Å². The van der Waals surface area contributed by atoms with Gasteiger partial charge in [0.05, 0.1) is 12.9 Å². The van der Waals surface area contributed by atoms with Crippen LogP contribution in [-0.4, -0.2) is 61.8 Å². The average molecular weight is 409 g/mol. The number of hydrogen-bond donors (Lipinski definition) is 3. The van der Waals surface area contributed by atoms with E-state index in [1.165, 1.54) is 18.0 Å². The molecule has 29 heavy (non-hydrogen) atoms. The number of anilines is 1. The van der Waals surface area contributed by atoms with Crippen molar-refractivity contribution in [3.8, 4) is 11.8 Å². The zero-order chi connectivity index (χ0) is 20.7. The number of fused-ring (bicyclic) bond motifs is 1. The normalized spacial score (nSPS) is 24.3. The molecule has 0 amide bonds. The van der Waals surface area contributed by atoms with Crippen LogP contribution in [0, 0.1) is 11.6 Å². The topological polar surface area (TPSA) is 138 Å². The maximum absolute atomic E-state index is 13.9. The Morgan fingerprint density at radius 3 is 2.83 bits per heavy atom. The molecule has 0 saturated carbocycles. The average Bonchev–Trinajstić information content (AvgIpc) is 3.25. The molecule has 0 spiro atoms. The number of benzene rings is 1. The van der Waals surface area contributed by atoms with Crippen molar-refractivity contribution in [3.63, 3.8) is 0 Å². The summed E-state index contributed by atoms with van der Waals surface area (Å²) in [5.41, 5.74) is 6.26. The first kappa shape index (κ1) is 19.4. The molecule has 0 bridgehead atoms. The second-order valence-electron chi connectivity index (χ2n) is 6.33. The number of hydrogen-bond acceptors (Lipinski definition) is 9. The molecular weight excluding hydrogens is 392 g/mol. The number of imidazole rings is 1. The van der Waals surface area contributed by atoms with Gasteiger partial charge in [0.25, 0.3) is 0 Å². The molecule has 0 radical (unpaired) electrons. The number of rotatable bonds is 5. The minimum absolute atomic E-state index is 0.0632. The molecule has 3 heterocycles. The van der Waals surface area contributed by atoms with Crippen LogP contribution in [0.1, 0.15) is 6.23 Å². The van der Waals surface area contributed by atoms with Crippen LogP contribution >= 0.6 is 0 Å². The highest BCUT2D eigenvalue weighted by atomic mass is 19.1. The van der Waals surface area contributed by atoms with Gasteiger partial charge in [-0.25, -0.2) is 13.8 Å². The predicted octanol–water partition coefficient (Wildman–Crippen LogP) is 0.745. The lowest BCUT2D eigenvalue weighted by Gasteiger charge is -2.20. The lowest BCUT2D eigenvalue weighted by molar-refractivity contribution is -0.0583. The Morgan fingerprint density at radius 1 is 1.31 bits per heavy atom. The maximum Gasteiger partial charge on any atom is 0.326 e. The first-order valence-electron chi connectivity index (χ1n) is 8.53. The lowest BCUT2D eigenvalue weighted by Crippen LogP contribution is -2.34. The SMILES string of the molecule is CO[C@@H]1[C@H](O)[C@@H](CO)O[C@@H]1n1cnc2c(N)nc(Oc3cc(F)ccc3F)nc21. The monoisotopic (exact) mass is 409 g/mol. The first-order valence-corrected chi connectivity index (χ1v) is 8.53. The molecule has 10 nitrogen and oxygen atoms in total. The van der Waals surface area contributed by atoms with E-state index < -0.39 is 48.5 Å². The van der Waals surface area contributed by atoms with Gasteiger partial charge >= 0.3 is 6.01 Å². The van der Waals surface area contributed by atoms with Crippen LogP contribution in [-0.2, 0) is 9.47 Å². The number of nitrogens with two attached hydrogens (primary N) is 1. The second-order valence-corrected chi connectivity index (χ2v) is 6.33. The van der Waals surface area contributed by atoms with Gasteiger partial charge in [-0.1, -0.05) is 0 Å². The van der Waals surface area contributed by atoms with Gasteiger partial charge in [-0.2, -0.15) is 9.97 Å². The molecule has 4 rings (SSSR count). The summed E-state index contributed by atoms with van der Waals surface area (Å²) in [6.45, 7) is -0.422. The van der Waals surface area contributed by atoms with Crippen molar-refractivity contribution in [1.82, 2.24) is 19.5 Å². The van der Waals surface area contributed by atoms with Crippen molar-refractivity contribution < 1.29 is 33.2 Å². The Labute approximate surface area is 162 Å². The number of aliphatic hydroxyl groups excluding tert-OH is 2. The maximum atomic E-state index is 13.9. The van der Waals surface area contributed by atoms with Gasteiger partial charge in [0.1, 0.15) is 24.1 Å². The Hall–Kier alpha value is -2.93. The third-order valence-electron chi connectivity index (χ3n) is 4.56. The van der Waals surface area contributed by atoms with Crippen LogP contribution in [0.5, 0.6) is 11.8 Å². The van der Waals surface area contributed by atoms with E-state index in [0.29, 0.717) is 0 Å². The number of aromatic nitrogens is 4. The second kappa shape index (κ2) is 7.48. The zero-order valence-corrected chi connectivity index (χ0v) is 15.1. The molecule has 1 aliphatic heterocycles. The van der Waals surface area contributed by atoms with E-state index in [1.807, 2.05) is 0 Å². The van der Waals surface area contributed by atoms with Gasteiger partial charge in [0, 0.05) is 13.2 Å². The van der Waals surface area contributed by atoms with Crippen molar-refractivity contribution in [3.05, 3.63) is 36.2 Å². The molecular formula is C17H17F2N5O5. The summed E-state index contributed by atoms with van der Waals surface area (Å²) < 4.78 is 44.9. The Morgan fingerprint density at radius 2 is 2.10 bits per heavy atom. The summed E-state index contributed by atoms with van der Waals surface area (Å²) in [6, 6.07) is 2.36. The highest BCUT2D eigenvalue weighted by molar-refractivity contribution is 5.82. The fraction of sp³-hybridized carbons (Fsp3) is 0.353.